The molecule has 0 aliphatic rings. The van der Waals surface area contributed by atoms with E-state index in [1.807, 2.05) is 6.92 Å². The van der Waals surface area contributed by atoms with Gasteiger partial charge in [0.2, 0.25) is 0 Å². The van der Waals surface area contributed by atoms with Crippen LogP contribution in [0.15, 0.2) is 18.2 Å². The molecule has 0 spiro atoms. The zero-order valence-corrected chi connectivity index (χ0v) is 7.23. The maximum absolute atomic E-state index is 3.05. The van der Waals surface area contributed by atoms with Gasteiger partial charge < -0.3 is 0 Å². The highest BCUT2D eigenvalue weighted by Gasteiger charge is 1.92. The van der Waals surface area contributed by atoms with Crippen molar-refractivity contribution in [1.29, 1.82) is 0 Å². The zero-order valence-electron chi connectivity index (χ0n) is 7.23. The topological polar surface area (TPSA) is 0 Å². The average Bonchev–Trinajstić information content (AvgIpc) is 1.95. The maximum Gasteiger partial charge on any atom is 0.0274 e. The average molecular weight is 144 g/mol. The van der Waals surface area contributed by atoms with Gasteiger partial charge in [-0.3, -0.25) is 0 Å². The second kappa shape index (κ2) is 3.25. The van der Waals surface area contributed by atoms with Gasteiger partial charge in [-0.25, -0.2) is 0 Å². The highest BCUT2D eigenvalue weighted by atomic mass is 14.0. The molecule has 0 heteroatoms. The van der Waals surface area contributed by atoms with Gasteiger partial charge >= 0.3 is 0 Å². The maximum atomic E-state index is 3.05. The van der Waals surface area contributed by atoms with Crippen molar-refractivity contribution in [3.8, 4) is 11.8 Å². The molecule has 0 aliphatic carbocycles. The first-order chi connectivity index (χ1) is 5.24. The van der Waals surface area contributed by atoms with Gasteiger partial charge in [-0.05, 0) is 32.4 Å². The molecule has 0 bridgehead atoms. The van der Waals surface area contributed by atoms with Crippen LogP contribution in [0, 0.1) is 25.7 Å². The van der Waals surface area contributed by atoms with E-state index in [1.54, 1.807) is 0 Å². The normalized spacial score (nSPS) is 8.64. The number of hydrogen-bond acceptors (Lipinski definition) is 0. The summed E-state index contributed by atoms with van der Waals surface area (Å²) in [5.41, 5.74) is 3.70. The lowest BCUT2D eigenvalue weighted by atomic mass is 10.1. The predicted octanol–water partition coefficient (Wildman–Crippen LogP) is 2.67. The SMILES string of the molecule is CC#Cc1ccc(C)cc1C. The van der Waals surface area contributed by atoms with Gasteiger partial charge in [0.1, 0.15) is 0 Å². The summed E-state index contributed by atoms with van der Waals surface area (Å²) in [6, 6.07) is 6.31. The number of aryl methyl sites for hydroxylation is 2. The molecule has 0 N–H and O–H groups in total. The molecule has 0 nitrogen and oxygen atoms in total. The van der Waals surface area contributed by atoms with E-state index in [0.717, 1.165) is 5.56 Å². The van der Waals surface area contributed by atoms with Crippen molar-refractivity contribution in [2.45, 2.75) is 20.8 Å². The third kappa shape index (κ3) is 1.85. The van der Waals surface area contributed by atoms with Crippen molar-refractivity contribution >= 4 is 0 Å². The predicted molar refractivity (Wildman–Crippen MR) is 48.5 cm³/mol. The minimum absolute atomic E-state index is 1.14. The molecule has 0 unspecified atom stereocenters. The fraction of sp³-hybridized carbons (Fsp3) is 0.273. The van der Waals surface area contributed by atoms with Gasteiger partial charge in [-0.15, -0.1) is 5.92 Å². The van der Waals surface area contributed by atoms with Crippen molar-refractivity contribution in [1.82, 2.24) is 0 Å². The van der Waals surface area contributed by atoms with Gasteiger partial charge in [0, 0.05) is 5.56 Å². The lowest BCUT2D eigenvalue weighted by Crippen LogP contribution is -1.82. The molecule has 0 aliphatic heterocycles. The minimum atomic E-state index is 1.14. The van der Waals surface area contributed by atoms with E-state index in [9.17, 15) is 0 Å². The molecule has 0 fully saturated rings. The molecule has 0 saturated carbocycles. The molecular formula is C11H12. The van der Waals surface area contributed by atoms with Crippen LogP contribution >= 0.6 is 0 Å². The van der Waals surface area contributed by atoms with Crippen LogP contribution in [0.5, 0.6) is 0 Å². The van der Waals surface area contributed by atoms with E-state index in [-0.39, 0.29) is 0 Å². The van der Waals surface area contributed by atoms with Gasteiger partial charge in [0.25, 0.3) is 0 Å². The van der Waals surface area contributed by atoms with Gasteiger partial charge in [0.15, 0.2) is 0 Å². The summed E-state index contributed by atoms with van der Waals surface area (Å²) < 4.78 is 0. The van der Waals surface area contributed by atoms with Crippen LogP contribution in [0.3, 0.4) is 0 Å². The summed E-state index contributed by atoms with van der Waals surface area (Å²) in [5.74, 6) is 5.95. The lowest BCUT2D eigenvalue weighted by Gasteiger charge is -1.98. The molecule has 0 saturated heterocycles. The summed E-state index contributed by atoms with van der Waals surface area (Å²) in [7, 11) is 0. The van der Waals surface area contributed by atoms with Crippen molar-refractivity contribution in [3.63, 3.8) is 0 Å². The molecule has 11 heavy (non-hydrogen) atoms. The molecule has 1 aromatic carbocycles. The van der Waals surface area contributed by atoms with Crippen molar-refractivity contribution in [2.24, 2.45) is 0 Å². The van der Waals surface area contributed by atoms with E-state index in [0.29, 0.717) is 0 Å². The lowest BCUT2D eigenvalue weighted by molar-refractivity contribution is 1.36. The molecule has 0 amide bonds. The first-order valence-electron chi connectivity index (χ1n) is 3.74. The van der Waals surface area contributed by atoms with E-state index < -0.39 is 0 Å². The Labute approximate surface area is 68.3 Å². The Balaban J connectivity index is 3.16. The smallest absolute Gasteiger partial charge is 0.0274 e. The Kier molecular flexibility index (Phi) is 2.33. The van der Waals surface area contributed by atoms with Crippen LogP contribution in [0.25, 0.3) is 0 Å². The third-order valence-electron chi connectivity index (χ3n) is 1.64. The molecular weight excluding hydrogens is 132 g/mol. The van der Waals surface area contributed by atoms with Crippen molar-refractivity contribution in [2.75, 3.05) is 0 Å². The monoisotopic (exact) mass is 144 g/mol. The summed E-state index contributed by atoms with van der Waals surface area (Å²) >= 11 is 0. The largest absolute Gasteiger partial charge is 0.101 e. The number of benzene rings is 1. The van der Waals surface area contributed by atoms with Crippen molar-refractivity contribution < 1.29 is 0 Å². The van der Waals surface area contributed by atoms with E-state index >= 15 is 0 Å². The van der Waals surface area contributed by atoms with Gasteiger partial charge in [-0.2, -0.15) is 0 Å². The summed E-state index contributed by atoms with van der Waals surface area (Å²) in [6.45, 7) is 6.04. The molecule has 56 valence electrons. The van der Waals surface area contributed by atoms with E-state index in [2.05, 4.69) is 43.9 Å². The first-order valence-corrected chi connectivity index (χ1v) is 3.74. The zero-order chi connectivity index (χ0) is 8.27. The Morgan fingerprint density at radius 1 is 1.18 bits per heavy atom. The molecule has 1 aromatic rings. The quantitative estimate of drug-likeness (QED) is 0.491. The molecule has 0 heterocycles. The van der Waals surface area contributed by atoms with Gasteiger partial charge in [-0.1, -0.05) is 23.6 Å². The van der Waals surface area contributed by atoms with Crippen LogP contribution in [-0.4, -0.2) is 0 Å². The second-order valence-electron chi connectivity index (χ2n) is 2.69. The Morgan fingerprint density at radius 2 is 1.91 bits per heavy atom. The minimum Gasteiger partial charge on any atom is -0.101 e. The molecule has 0 atom stereocenters. The molecule has 1 rings (SSSR count). The van der Waals surface area contributed by atoms with Crippen LogP contribution in [0.2, 0.25) is 0 Å². The fourth-order valence-electron chi connectivity index (χ4n) is 1.09. The molecule has 0 aromatic heterocycles. The molecule has 0 radical (unpaired) electrons. The Morgan fingerprint density at radius 3 is 2.45 bits per heavy atom. The second-order valence-corrected chi connectivity index (χ2v) is 2.69. The third-order valence-corrected chi connectivity index (χ3v) is 1.64. The van der Waals surface area contributed by atoms with E-state index in [1.165, 1.54) is 11.1 Å². The Bertz CT molecular complexity index is 311. The van der Waals surface area contributed by atoms with Crippen molar-refractivity contribution in [3.05, 3.63) is 34.9 Å². The standard InChI is InChI=1S/C11H12/c1-4-5-11-7-6-9(2)8-10(11)3/h6-8H,1-3H3. The highest BCUT2D eigenvalue weighted by molar-refractivity contribution is 5.42. The Hall–Kier alpha value is -1.22. The highest BCUT2D eigenvalue weighted by Crippen LogP contribution is 2.08. The summed E-state index contributed by atoms with van der Waals surface area (Å²) in [4.78, 5) is 0. The van der Waals surface area contributed by atoms with Crippen LogP contribution < -0.4 is 0 Å². The van der Waals surface area contributed by atoms with Gasteiger partial charge in [0.05, 0.1) is 0 Å². The number of rotatable bonds is 0. The summed E-state index contributed by atoms with van der Waals surface area (Å²) in [5, 5.41) is 0. The van der Waals surface area contributed by atoms with Crippen LogP contribution in [-0.2, 0) is 0 Å². The van der Waals surface area contributed by atoms with Crippen LogP contribution in [0.1, 0.15) is 23.6 Å². The fourth-order valence-corrected chi connectivity index (χ4v) is 1.09. The number of hydrogen-bond donors (Lipinski definition) is 0. The van der Waals surface area contributed by atoms with Crippen LogP contribution in [0.4, 0.5) is 0 Å². The van der Waals surface area contributed by atoms with E-state index in [4.69, 9.17) is 0 Å². The first kappa shape index (κ1) is 7.88. The summed E-state index contributed by atoms with van der Waals surface area (Å²) in [6.07, 6.45) is 0.